The third-order valence-corrected chi connectivity index (χ3v) is 7.90. The van der Waals surface area contributed by atoms with Gasteiger partial charge < -0.3 is 56.8 Å². The molecule has 0 bridgehead atoms. The van der Waals surface area contributed by atoms with Gasteiger partial charge in [0.05, 0.1) is 6.10 Å². The Morgan fingerprint density at radius 3 is 1.69 bits per heavy atom. The van der Waals surface area contributed by atoms with E-state index in [4.69, 9.17) is 56.8 Å². The normalized spacial score (nSPS) is 26.5. The van der Waals surface area contributed by atoms with Gasteiger partial charge in [0.1, 0.15) is 32.0 Å². The van der Waals surface area contributed by atoms with Gasteiger partial charge in [0.25, 0.3) is 0 Å². The van der Waals surface area contributed by atoms with E-state index >= 15 is 0 Å². The molecule has 0 aromatic heterocycles. The molecule has 3 rings (SSSR count). The summed E-state index contributed by atoms with van der Waals surface area (Å²) < 4.78 is 67.9. The van der Waals surface area contributed by atoms with Crippen molar-refractivity contribution < 1.29 is 90.4 Å². The van der Waals surface area contributed by atoms with Crippen molar-refractivity contribution in [3.63, 3.8) is 0 Å². The molecule has 19 nitrogen and oxygen atoms in total. The average Bonchev–Trinajstić information content (AvgIpc) is 3.12. The van der Waals surface area contributed by atoms with Crippen LogP contribution in [0.15, 0.2) is 49.6 Å². The predicted molar refractivity (Wildman–Crippen MR) is 195 cm³/mol. The third-order valence-electron chi connectivity index (χ3n) is 7.90. The molecule has 0 saturated carbocycles. The number of carbonyl (C=O) groups is 7. The summed E-state index contributed by atoms with van der Waals surface area (Å²) in [4.78, 5) is 87.2. The van der Waals surface area contributed by atoms with Gasteiger partial charge in [-0.15, -0.1) is 0 Å². The summed E-state index contributed by atoms with van der Waals surface area (Å²) in [7, 11) is 0. The first-order valence-electron chi connectivity index (χ1n) is 17.9. The van der Waals surface area contributed by atoms with Gasteiger partial charge in [-0.2, -0.15) is 0 Å². The van der Waals surface area contributed by atoms with Gasteiger partial charge in [-0.25, -0.2) is 4.79 Å². The van der Waals surface area contributed by atoms with Gasteiger partial charge in [-0.05, 0) is 30.7 Å². The van der Waals surface area contributed by atoms with Gasteiger partial charge in [-0.1, -0.05) is 31.4 Å². The Hall–Kier alpha value is -5.79. The first-order valence-corrected chi connectivity index (χ1v) is 17.9. The number of hydrogen-bond donors (Lipinski definition) is 0. The molecule has 19 heteroatoms. The molecule has 0 spiro atoms. The van der Waals surface area contributed by atoms with Crippen LogP contribution in [0.4, 0.5) is 0 Å². The van der Waals surface area contributed by atoms with Gasteiger partial charge in [0.15, 0.2) is 48.3 Å². The zero-order valence-electron chi connectivity index (χ0n) is 33.1. The molecule has 0 radical (unpaired) electrons. The minimum atomic E-state index is -1.76. The lowest BCUT2D eigenvalue weighted by atomic mass is 9.96. The van der Waals surface area contributed by atoms with Crippen molar-refractivity contribution in [3.05, 3.63) is 55.1 Å². The highest BCUT2D eigenvalue weighted by Gasteiger charge is 2.57. The van der Waals surface area contributed by atoms with Crippen LogP contribution in [-0.2, 0) is 80.9 Å². The molecule has 318 valence electrons. The van der Waals surface area contributed by atoms with Crippen molar-refractivity contribution in [2.75, 3.05) is 19.8 Å². The van der Waals surface area contributed by atoms with E-state index in [-0.39, 0.29) is 13.2 Å². The SMILES string of the molecule is C=CCOc1ccc(/C=C/C(=O)O[C@H]2[C@H](O[C@@H]3O[C@@H](C)[C@H](OC(C)=O)[C@@H](OC(C)=O)[C@H]3OC(C)=O)[C@@H](OC(C)=O)C(OC(C)=O)O[C@@H]2COC(C)=O)cc1OCC=C. The quantitative estimate of drug-likeness (QED) is 0.0896. The van der Waals surface area contributed by atoms with E-state index < -0.39 is 110 Å². The van der Waals surface area contributed by atoms with Crippen LogP contribution >= 0.6 is 0 Å². The highest BCUT2D eigenvalue weighted by atomic mass is 16.8. The summed E-state index contributed by atoms with van der Waals surface area (Å²) in [5, 5.41) is 0. The number of rotatable bonds is 18. The molecule has 2 fully saturated rings. The molecule has 10 atom stereocenters. The third kappa shape index (κ3) is 14.0. The van der Waals surface area contributed by atoms with Gasteiger partial charge in [-0.3, -0.25) is 28.8 Å². The van der Waals surface area contributed by atoms with Crippen molar-refractivity contribution in [3.8, 4) is 11.5 Å². The topological polar surface area (TPSA) is 230 Å². The van der Waals surface area contributed by atoms with Gasteiger partial charge >= 0.3 is 41.8 Å². The van der Waals surface area contributed by atoms with E-state index in [1.54, 1.807) is 24.3 Å². The first kappa shape index (κ1) is 46.6. The maximum absolute atomic E-state index is 13.6. The molecule has 2 heterocycles. The Morgan fingerprint density at radius 2 is 1.14 bits per heavy atom. The predicted octanol–water partition coefficient (Wildman–Crippen LogP) is 2.45. The number of carbonyl (C=O) groups excluding carboxylic acids is 7. The number of benzene rings is 1. The van der Waals surface area contributed by atoms with E-state index in [1.807, 2.05) is 0 Å². The van der Waals surface area contributed by atoms with Crippen LogP contribution in [0.25, 0.3) is 6.08 Å². The molecule has 58 heavy (non-hydrogen) atoms. The number of esters is 7. The van der Waals surface area contributed by atoms with Crippen LogP contribution in [0.1, 0.15) is 54.0 Å². The smallest absolute Gasteiger partial charge is 0.331 e. The Balaban J connectivity index is 2.14. The van der Waals surface area contributed by atoms with Gasteiger partial charge in [0.2, 0.25) is 6.29 Å². The largest absolute Gasteiger partial charge is 0.486 e. The lowest BCUT2D eigenvalue weighted by Crippen LogP contribution is -2.66. The lowest BCUT2D eigenvalue weighted by Gasteiger charge is -2.48. The fraction of sp³-hybridized carbons (Fsp3) is 0.513. The Kier molecular flexibility index (Phi) is 17.9. The van der Waals surface area contributed by atoms with E-state index in [0.29, 0.717) is 17.1 Å². The second-order valence-electron chi connectivity index (χ2n) is 12.7. The number of hydrogen-bond acceptors (Lipinski definition) is 19. The molecular weight excluding hydrogens is 772 g/mol. The standard InChI is InChI=1S/C39H48O19/c1-10-16-47-28-14-12-27(18-29(28)48-17-11-2)13-15-31(46)57-33-30(19-49-21(4)40)56-39(55-26(9)45)37(54-25(8)44)35(33)58-38-36(53-24(7)43)34(52-23(6)42)32(20(3)50-38)51-22(5)41/h10-15,18,20,30,32-39H,1-2,16-17,19H2,3-9H3/b15-13+/t20-,30+,32-,33+,34+,35-,36+,37+,38-,39?/m0/s1. The van der Waals surface area contributed by atoms with Crippen LogP contribution in [0.3, 0.4) is 0 Å². The highest BCUT2D eigenvalue weighted by Crippen LogP contribution is 2.36. The van der Waals surface area contributed by atoms with E-state index in [1.165, 1.54) is 19.1 Å². The second kappa shape index (κ2) is 22.2. The monoisotopic (exact) mass is 820 g/mol. The highest BCUT2D eigenvalue weighted by molar-refractivity contribution is 5.87. The van der Waals surface area contributed by atoms with Crippen LogP contribution in [0, 0.1) is 0 Å². The van der Waals surface area contributed by atoms with E-state index in [9.17, 15) is 33.6 Å². The number of ether oxygens (including phenoxy) is 12. The zero-order valence-corrected chi connectivity index (χ0v) is 33.1. The summed E-state index contributed by atoms with van der Waals surface area (Å²) in [5.74, 6) is -5.44. The second-order valence-corrected chi connectivity index (χ2v) is 12.7. The molecular formula is C39H48O19. The molecule has 1 unspecified atom stereocenters. The molecule has 2 aliphatic heterocycles. The van der Waals surface area contributed by atoms with Crippen LogP contribution < -0.4 is 9.47 Å². The molecule has 1 aromatic carbocycles. The minimum Gasteiger partial charge on any atom is -0.486 e. The van der Waals surface area contributed by atoms with Crippen molar-refractivity contribution in [2.24, 2.45) is 0 Å². The Labute approximate surface area is 334 Å². The van der Waals surface area contributed by atoms with Crippen molar-refractivity contribution in [1.82, 2.24) is 0 Å². The van der Waals surface area contributed by atoms with Crippen molar-refractivity contribution >= 4 is 47.9 Å². The minimum absolute atomic E-state index is 0.151. The molecule has 2 aliphatic rings. The molecule has 2 saturated heterocycles. The molecule has 0 amide bonds. The summed E-state index contributed by atoms with van der Waals surface area (Å²) in [5.41, 5.74) is 0.464. The van der Waals surface area contributed by atoms with Crippen LogP contribution in [0.5, 0.6) is 11.5 Å². The summed E-state index contributed by atoms with van der Waals surface area (Å²) in [6.45, 7) is 14.8. The Bertz CT molecular complexity index is 1700. The van der Waals surface area contributed by atoms with Crippen molar-refractivity contribution in [2.45, 2.75) is 110 Å². The molecule has 0 N–H and O–H groups in total. The fourth-order valence-corrected chi connectivity index (χ4v) is 5.81. The van der Waals surface area contributed by atoms with E-state index in [2.05, 4.69) is 13.2 Å². The average molecular weight is 821 g/mol. The molecule has 0 aliphatic carbocycles. The summed E-state index contributed by atoms with van der Waals surface area (Å²) in [6.07, 6.45) is -10.3. The summed E-state index contributed by atoms with van der Waals surface area (Å²) >= 11 is 0. The van der Waals surface area contributed by atoms with Crippen LogP contribution in [0.2, 0.25) is 0 Å². The van der Waals surface area contributed by atoms with Gasteiger partial charge in [0, 0.05) is 47.6 Å². The van der Waals surface area contributed by atoms with Crippen LogP contribution in [-0.4, -0.2) is 123 Å². The maximum Gasteiger partial charge on any atom is 0.331 e. The van der Waals surface area contributed by atoms with E-state index in [0.717, 1.165) is 47.6 Å². The van der Waals surface area contributed by atoms with Crippen molar-refractivity contribution in [1.29, 1.82) is 0 Å². The lowest BCUT2D eigenvalue weighted by molar-refractivity contribution is -0.355. The fourth-order valence-electron chi connectivity index (χ4n) is 5.81. The molecule has 1 aromatic rings. The first-order chi connectivity index (χ1) is 27.4. The maximum atomic E-state index is 13.6. The summed E-state index contributed by atoms with van der Waals surface area (Å²) in [6, 6.07) is 4.83. The zero-order chi connectivity index (χ0) is 43.1. The Morgan fingerprint density at radius 1 is 0.603 bits per heavy atom.